The molecule has 2 rings (SSSR count). The standard InChI is InChI=1S/C19H31F2N3O/c1-6-7-14(19(4,20)21)15(22-5)8-9-18(2,3)24-17(25)16-12-10-23-11-13(12)16/h7,12-13,16,23H,6,8-11H2,1-5H3,(H,24,25)/b14-7+,22-15?/t12-,13+,16?. The van der Waals surface area contributed by atoms with E-state index in [4.69, 9.17) is 0 Å². The number of rotatable bonds is 8. The zero-order chi connectivity index (χ0) is 18.8. The molecule has 0 aromatic carbocycles. The minimum Gasteiger partial charge on any atom is -0.351 e. The van der Waals surface area contributed by atoms with Crippen molar-refractivity contribution < 1.29 is 13.6 Å². The number of nitrogens with one attached hydrogen (secondary N) is 2. The van der Waals surface area contributed by atoms with Crippen LogP contribution >= 0.6 is 0 Å². The summed E-state index contributed by atoms with van der Waals surface area (Å²) in [5, 5.41) is 6.39. The Balaban J connectivity index is 1.93. The summed E-state index contributed by atoms with van der Waals surface area (Å²) in [6, 6.07) is 0. The molecule has 1 heterocycles. The number of alkyl halides is 2. The van der Waals surface area contributed by atoms with E-state index < -0.39 is 11.5 Å². The second-order valence-corrected chi connectivity index (χ2v) is 7.97. The molecule has 1 saturated heterocycles. The number of carbonyl (C=O) groups excluding carboxylic acids is 1. The summed E-state index contributed by atoms with van der Waals surface area (Å²) >= 11 is 0. The highest BCUT2D eigenvalue weighted by atomic mass is 19.3. The number of aliphatic imine (C=N–C) groups is 1. The lowest BCUT2D eigenvalue weighted by Crippen LogP contribution is -2.45. The third-order valence-electron chi connectivity index (χ3n) is 5.30. The minimum atomic E-state index is -2.91. The summed E-state index contributed by atoms with van der Waals surface area (Å²) in [6.07, 6.45) is 3.07. The first-order chi connectivity index (χ1) is 11.6. The molecule has 0 aromatic heterocycles. The fraction of sp³-hybridized carbons (Fsp3) is 0.789. The van der Waals surface area contributed by atoms with Crippen LogP contribution in [0.25, 0.3) is 0 Å². The van der Waals surface area contributed by atoms with E-state index in [2.05, 4.69) is 15.6 Å². The third kappa shape index (κ3) is 4.87. The largest absolute Gasteiger partial charge is 0.351 e. The van der Waals surface area contributed by atoms with Gasteiger partial charge in [0.1, 0.15) is 0 Å². The molecule has 2 aliphatic rings. The Morgan fingerprint density at radius 3 is 2.36 bits per heavy atom. The Kier molecular flexibility index (Phi) is 6.02. The first-order valence-electron chi connectivity index (χ1n) is 9.18. The Morgan fingerprint density at radius 1 is 1.28 bits per heavy atom. The van der Waals surface area contributed by atoms with Gasteiger partial charge in [-0.15, -0.1) is 0 Å². The quantitative estimate of drug-likeness (QED) is 0.657. The second-order valence-electron chi connectivity index (χ2n) is 7.97. The van der Waals surface area contributed by atoms with E-state index in [0.29, 0.717) is 36.8 Å². The monoisotopic (exact) mass is 355 g/mol. The fourth-order valence-corrected chi connectivity index (χ4v) is 3.84. The van der Waals surface area contributed by atoms with Gasteiger partial charge in [-0.05, 0) is 58.0 Å². The summed E-state index contributed by atoms with van der Waals surface area (Å²) in [5.41, 5.74) is -0.0240. The lowest BCUT2D eigenvalue weighted by molar-refractivity contribution is -0.124. The maximum atomic E-state index is 13.9. The summed E-state index contributed by atoms with van der Waals surface area (Å²) in [7, 11) is 1.55. The Morgan fingerprint density at radius 2 is 1.88 bits per heavy atom. The van der Waals surface area contributed by atoms with Crippen molar-refractivity contribution in [2.45, 2.75) is 58.4 Å². The van der Waals surface area contributed by atoms with Crippen molar-refractivity contribution in [1.29, 1.82) is 0 Å². The number of nitrogens with zero attached hydrogens (tertiary/aromatic N) is 1. The molecule has 142 valence electrons. The number of fused-ring (bicyclic) bond motifs is 1. The Labute approximate surface area is 149 Å². The molecule has 2 fully saturated rings. The van der Waals surface area contributed by atoms with Crippen molar-refractivity contribution in [3.8, 4) is 0 Å². The van der Waals surface area contributed by atoms with Crippen LogP contribution in [0, 0.1) is 17.8 Å². The number of carbonyl (C=O) groups is 1. The topological polar surface area (TPSA) is 53.5 Å². The first-order valence-corrected chi connectivity index (χ1v) is 9.18. The van der Waals surface area contributed by atoms with Crippen LogP contribution in [-0.4, -0.2) is 43.2 Å². The minimum absolute atomic E-state index is 0.00225. The maximum absolute atomic E-state index is 13.9. The zero-order valence-electron chi connectivity index (χ0n) is 16.0. The van der Waals surface area contributed by atoms with Gasteiger partial charge in [0.2, 0.25) is 5.91 Å². The van der Waals surface area contributed by atoms with Gasteiger partial charge in [-0.3, -0.25) is 9.79 Å². The molecule has 1 aliphatic heterocycles. The predicted octanol–water partition coefficient (Wildman–Crippen LogP) is 3.19. The first kappa shape index (κ1) is 20.0. The predicted molar refractivity (Wildman–Crippen MR) is 97.1 cm³/mol. The van der Waals surface area contributed by atoms with Gasteiger partial charge in [-0.25, -0.2) is 8.78 Å². The molecule has 1 unspecified atom stereocenters. The molecule has 4 nitrogen and oxygen atoms in total. The van der Waals surface area contributed by atoms with Crippen LogP contribution in [0.15, 0.2) is 16.6 Å². The number of piperidine rings is 1. The molecule has 2 N–H and O–H groups in total. The number of hydrogen-bond acceptors (Lipinski definition) is 3. The van der Waals surface area contributed by atoms with Crippen molar-refractivity contribution in [2.24, 2.45) is 22.7 Å². The molecule has 1 saturated carbocycles. The van der Waals surface area contributed by atoms with E-state index in [1.165, 1.54) is 0 Å². The van der Waals surface area contributed by atoms with Crippen LogP contribution in [0.2, 0.25) is 0 Å². The maximum Gasteiger partial charge on any atom is 0.271 e. The molecule has 6 heteroatoms. The fourth-order valence-electron chi connectivity index (χ4n) is 3.84. The summed E-state index contributed by atoms with van der Waals surface area (Å²) in [5.74, 6) is -1.74. The van der Waals surface area contributed by atoms with Gasteiger partial charge in [0.25, 0.3) is 5.92 Å². The van der Waals surface area contributed by atoms with Crippen molar-refractivity contribution in [1.82, 2.24) is 10.6 Å². The summed E-state index contributed by atoms with van der Waals surface area (Å²) in [6.45, 7) is 8.49. The highest BCUT2D eigenvalue weighted by molar-refractivity contribution is 6.01. The lowest BCUT2D eigenvalue weighted by Gasteiger charge is -2.28. The van der Waals surface area contributed by atoms with Gasteiger partial charge in [0.05, 0.1) is 0 Å². The average molecular weight is 355 g/mol. The summed E-state index contributed by atoms with van der Waals surface area (Å²) in [4.78, 5) is 16.5. The summed E-state index contributed by atoms with van der Waals surface area (Å²) < 4.78 is 27.7. The zero-order valence-corrected chi connectivity index (χ0v) is 16.0. The van der Waals surface area contributed by atoms with E-state index in [1.807, 2.05) is 20.8 Å². The molecule has 0 radical (unpaired) electrons. The van der Waals surface area contributed by atoms with Crippen LogP contribution in [0.4, 0.5) is 8.78 Å². The highest BCUT2D eigenvalue weighted by Crippen LogP contribution is 2.48. The van der Waals surface area contributed by atoms with E-state index in [1.54, 1.807) is 13.1 Å². The molecule has 0 aromatic rings. The van der Waals surface area contributed by atoms with Crippen molar-refractivity contribution in [3.63, 3.8) is 0 Å². The van der Waals surface area contributed by atoms with Gasteiger partial charge < -0.3 is 10.6 Å². The number of halogens is 2. The van der Waals surface area contributed by atoms with Crippen LogP contribution in [0.3, 0.4) is 0 Å². The molecular weight excluding hydrogens is 324 g/mol. The SMILES string of the molecule is CC/C=C(\C(CCC(C)(C)NC(=O)C1[C@H]2CNC[C@@H]12)=NC)C(C)(F)F. The Hall–Kier alpha value is -1.30. The number of amides is 1. The molecule has 1 amide bonds. The van der Waals surface area contributed by atoms with Crippen LogP contribution in [0.1, 0.15) is 47.0 Å². The van der Waals surface area contributed by atoms with Gasteiger partial charge >= 0.3 is 0 Å². The van der Waals surface area contributed by atoms with Gasteiger partial charge in [0, 0.05) is 36.7 Å². The molecule has 0 bridgehead atoms. The van der Waals surface area contributed by atoms with Gasteiger partial charge in [-0.1, -0.05) is 13.0 Å². The van der Waals surface area contributed by atoms with E-state index >= 15 is 0 Å². The van der Waals surface area contributed by atoms with Crippen molar-refractivity contribution >= 4 is 11.6 Å². The van der Waals surface area contributed by atoms with Crippen molar-refractivity contribution in [3.05, 3.63) is 11.6 Å². The number of hydrogen-bond donors (Lipinski definition) is 2. The normalized spacial score (nSPS) is 27.2. The van der Waals surface area contributed by atoms with Gasteiger partial charge in [0.15, 0.2) is 0 Å². The van der Waals surface area contributed by atoms with Crippen LogP contribution in [-0.2, 0) is 4.79 Å². The average Bonchev–Trinajstić information content (AvgIpc) is 2.99. The molecular formula is C19H31F2N3O. The smallest absolute Gasteiger partial charge is 0.271 e. The molecule has 1 aliphatic carbocycles. The third-order valence-corrected chi connectivity index (χ3v) is 5.30. The molecule has 0 spiro atoms. The van der Waals surface area contributed by atoms with E-state index in [0.717, 1.165) is 20.0 Å². The van der Waals surface area contributed by atoms with Crippen molar-refractivity contribution in [2.75, 3.05) is 20.1 Å². The molecule has 3 atom stereocenters. The second kappa shape index (κ2) is 7.52. The van der Waals surface area contributed by atoms with Crippen LogP contribution in [0.5, 0.6) is 0 Å². The van der Waals surface area contributed by atoms with Gasteiger partial charge in [-0.2, -0.15) is 0 Å². The van der Waals surface area contributed by atoms with Crippen LogP contribution < -0.4 is 10.6 Å². The van der Waals surface area contributed by atoms with E-state index in [9.17, 15) is 13.6 Å². The lowest BCUT2D eigenvalue weighted by atomic mass is 9.91. The van der Waals surface area contributed by atoms with E-state index in [-0.39, 0.29) is 17.4 Å². The molecule has 25 heavy (non-hydrogen) atoms. The Bertz CT molecular complexity index is 554. The highest BCUT2D eigenvalue weighted by Gasteiger charge is 2.57. The number of allylic oxidation sites excluding steroid dienone is 2.